The average molecular weight is 514 g/mol. The van der Waals surface area contributed by atoms with E-state index >= 15 is 0 Å². The van der Waals surface area contributed by atoms with Gasteiger partial charge >= 0.3 is 0 Å². The van der Waals surface area contributed by atoms with Gasteiger partial charge in [-0.3, -0.25) is 9.79 Å². The van der Waals surface area contributed by atoms with Gasteiger partial charge in [0.1, 0.15) is 0 Å². The first-order valence-electron chi connectivity index (χ1n) is 10.7. The van der Waals surface area contributed by atoms with E-state index in [0.717, 1.165) is 38.6 Å². The maximum atomic E-state index is 11.8. The molecule has 2 N–H and O–H groups in total. The van der Waals surface area contributed by atoms with Crippen LogP contribution in [0.3, 0.4) is 0 Å². The number of halogens is 1. The molecule has 0 aromatic heterocycles. The molecule has 0 saturated carbocycles. The molecule has 0 atom stereocenters. The highest BCUT2D eigenvalue weighted by Crippen LogP contribution is 2.22. The number of nitrogens with zero attached hydrogens (tertiary/aromatic N) is 2. The summed E-state index contributed by atoms with van der Waals surface area (Å²) in [5.41, 5.74) is 2.67. The summed E-state index contributed by atoms with van der Waals surface area (Å²) in [6, 6.07) is 8.50. The van der Waals surface area contributed by atoms with Gasteiger partial charge in [-0.05, 0) is 29.4 Å². The first-order chi connectivity index (χ1) is 13.4. The van der Waals surface area contributed by atoms with Gasteiger partial charge in [-0.15, -0.1) is 24.0 Å². The number of unbranched alkanes of at least 4 members (excludes halogenated alkanes) is 2. The highest BCUT2D eigenvalue weighted by atomic mass is 127. The summed E-state index contributed by atoms with van der Waals surface area (Å²) in [4.78, 5) is 18.1. The van der Waals surface area contributed by atoms with Crippen LogP contribution in [0, 0.1) is 5.41 Å². The zero-order valence-corrected chi connectivity index (χ0v) is 20.9. The van der Waals surface area contributed by atoms with Gasteiger partial charge in [0.25, 0.3) is 0 Å². The molecule has 29 heavy (non-hydrogen) atoms. The molecule has 1 fully saturated rings. The Hall–Kier alpha value is -1.31. The number of guanidine groups is 1. The van der Waals surface area contributed by atoms with Gasteiger partial charge < -0.3 is 15.5 Å². The van der Waals surface area contributed by atoms with Crippen LogP contribution in [0.2, 0.25) is 0 Å². The molecule has 1 aliphatic rings. The Morgan fingerprint density at radius 1 is 1.14 bits per heavy atom. The number of hydrogen-bond acceptors (Lipinski definition) is 2. The second kappa shape index (κ2) is 13.1. The first-order valence-corrected chi connectivity index (χ1v) is 10.7. The minimum Gasteiger partial charge on any atom is -0.356 e. The van der Waals surface area contributed by atoms with Crippen molar-refractivity contribution in [2.75, 3.05) is 20.1 Å². The smallest absolute Gasteiger partial charge is 0.222 e. The van der Waals surface area contributed by atoms with Crippen LogP contribution < -0.4 is 10.6 Å². The maximum absolute atomic E-state index is 11.8. The molecular formula is C23H39IN4O. The Balaban J connectivity index is 0.00000420. The van der Waals surface area contributed by atoms with E-state index in [9.17, 15) is 4.79 Å². The van der Waals surface area contributed by atoms with Gasteiger partial charge in [-0.1, -0.05) is 64.3 Å². The van der Waals surface area contributed by atoms with Crippen molar-refractivity contribution in [1.82, 2.24) is 15.5 Å². The molecule has 0 aliphatic carbocycles. The van der Waals surface area contributed by atoms with E-state index in [1.807, 2.05) is 11.9 Å². The van der Waals surface area contributed by atoms with Crippen molar-refractivity contribution in [3.8, 4) is 0 Å². The van der Waals surface area contributed by atoms with Crippen molar-refractivity contribution >= 4 is 35.8 Å². The van der Waals surface area contributed by atoms with Gasteiger partial charge in [0.2, 0.25) is 5.91 Å². The second-order valence-corrected chi connectivity index (χ2v) is 8.64. The minimum absolute atomic E-state index is 0. The fourth-order valence-electron chi connectivity index (χ4n) is 3.53. The molecule has 1 saturated heterocycles. The largest absolute Gasteiger partial charge is 0.356 e. The summed E-state index contributed by atoms with van der Waals surface area (Å²) >= 11 is 0. The van der Waals surface area contributed by atoms with Crippen LogP contribution in [-0.2, 0) is 17.9 Å². The van der Waals surface area contributed by atoms with Crippen molar-refractivity contribution < 1.29 is 4.79 Å². The summed E-state index contributed by atoms with van der Waals surface area (Å²) in [5.74, 6) is 1.12. The number of likely N-dealkylation sites (tertiary alicyclic amines) is 1. The molecule has 1 aromatic rings. The van der Waals surface area contributed by atoms with Crippen LogP contribution in [0.4, 0.5) is 0 Å². The molecule has 0 unspecified atom stereocenters. The van der Waals surface area contributed by atoms with Crippen molar-refractivity contribution in [3.63, 3.8) is 0 Å². The summed E-state index contributed by atoms with van der Waals surface area (Å²) in [7, 11) is 1.82. The fraction of sp³-hybridized carbons (Fsp3) is 0.652. The number of nitrogens with one attached hydrogen (secondary N) is 2. The van der Waals surface area contributed by atoms with Crippen LogP contribution in [0.25, 0.3) is 0 Å². The summed E-state index contributed by atoms with van der Waals surface area (Å²) in [6.45, 7) is 10.1. The van der Waals surface area contributed by atoms with E-state index in [1.54, 1.807) is 0 Å². The lowest BCUT2D eigenvalue weighted by molar-refractivity contribution is -0.128. The first kappa shape index (κ1) is 25.7. The Bertz CT molecular complexity index is 643. The molecule has 0 spiro atoms. The van der Waals surface area contributed by atoms with Crippen LogP contribution in [0.1, 0.15) is 70.4 Å². The third-order valence-corrected chi connectivity index (χ3v) is 5.44. The number of amides is 1. The summed E-state index contributed by atoms with van der Waals surface area (Å²) in [6.07, 6.45) is 6.77. The molecule has 2 rings (SSSR count). The van der Waals surface area contributed by atoms with Gasteiger partial charge in [0.05, 0.1) is 0 Å². The Morgan fingerprint density at radius 2 is 1.83 bits per heavy atom. The molecule has 164 valence electrons. The summed E-state index contributed by atoms with van der Waals surface area (Å²) < 4.78 is 0. The minimum atomic E-state index is 0. The van der Waals surface area contributed by atoms with Gasteiger partial charge in [0, 0.05) is 39.6 Å². The number of carbonyl (C=O) groups is 1. The highest BCUT2D eigenvalue weighted by Gasteiger charge is 2.20. The van der Waals surface area contributed by atoms with Gasteiger partial charge in [-0.25, -0.2) is 0 Å². The van der Waals surface area contributed by atoms with E-state index < -0.39 is 0 Å². The normalized spacial score (nSPS) is 14.7. The predicted octanol–water partition coefficient (Wildman–Crippen LogP) is 4.70. The van der Waals surface area contributed by atoms with Crippen LogP contribution >= 0.6 is 24.0 Å². The van der Waals surface area contributed by atoms with Crippen molar-refractivity contribution in [3.05, 3.63) is 35.4 Å². The van der Waals surface area contributed by atoms with Crippen molar-refractivity contribution in [2.24, 2.45) is 10.4 Å². The molecule has 6 heteroatoms. The predicted molar refractivity (Wildman–Crippen MR) is 133 cm³/mol. The summed E-state index contributed by atoms with van der Waals surface area (Å²) in [5, 5.41) is 6.87. The zero-order valence-electron chi connectivity index (χ0n) is 18.6. The van der Waals surface area contributed by atoms with E-state index in [2.05, 4.69) is 60.7 Å². The second-order valence-electron chi connectivity index (χ2n) is 8.64. The molecule has 5 nitrogen and oxygen atoms in total. The standard InChI is InChI=1S/C23H38N4O.HI/c1-5-6-7-14-23(2,3)18-26-22(24-4)25-16-19-10-12-20(13-11-19)17-27-15-8-9-21(27)28;/h10-13H,5-9,14-18H2,1-4H3,(H2,24,25,26);1H. The van der Waals surface area contributed by atoms with Crippen molar-refractivity contribution in [2.45, 2.75) is 72.4 Å². The molecule has 1 aromatic carbocycles. The van der Waals surface area contributed by atoms with E-state index in [4.69, 9.17) is 0 Å². The quantitative estimate of drug-likeness (QED) is 0.206. The molecule has 1 aliphatic heterocycles. The molecule has 1 amide bonds. The highest BCUT2D eigenvalue weighted by molar-refractivity contribution is 14.0. The van der Waals surface area contributed by atoms with E-state index in [-0.39, 0.29) is 35.3 Å². The lowest BCUT2D eigenvalue weighted by atomic mass is 9.87. The number of rotatable bonds is 10. The van der Waals surface area contributed by atoms with Crippen LogP contribution in [0.5, 0.6) is 0 Å². The fourth-order valence-corrected chi connectivity index (χ4v) is 3.53. The lowest BCUT2D eigenvalue weighted by Crippen LogP contribution is -2.41. The SMILES string of the molecule is CCCCCC(C)(C)CNC(=NC)NCc1ccc(CN2CCCC2=O)cc1.I. The lowest BCUT2D eigenvalue weighted by Gasteiger charge is -2.26. The zero-order chi connectivity index (χ0) is 20.4. The number of carbonyl (C=O) groups excluding carboxylic acids is 1. The van der Waals surface area contributed by atoms with E-state index in [1.165, 1.54) is 36.8 Å². The van der Waals surface area contributed by atoms with Gasteiger partial charge in [-0.2, -0.15) is 0 Å². The average Bonchev–Trinajstić information content (AvgIpc) is 3.08. The molecule has 1 heterocycles. The van der Waals surface area contributed by atoms with Crippen LogP contribution in [-0.4, -0.2) is 36.9 Å². The number of benzene rings is 1. The van der Waals surface area contributed by atoms with Crippen LogP contribution in [0.15, 0.2) is 29.3 Å². The third-order valence-electron chi connectivity index (χ3n) is 5.44. The Kier molecular flexibility index (Phi) is 11.6. The van der Waals surface area contributed by atoms with E-state index in [0.29, 0.717) is 6.42 Å². The number of hydrogen-bond donors (Lipinski definition) is 2. The Labute approximate surface area is 194 Å². The molecular weight excluding hydrogens is 475 g/mol. The third kappa shape index (κ3) is 9.36. The topological polar surface area (TPSA) is 56.7 Å². The number of aliphatic imine (C=N–C) groups is 1. The maximum Gasteiger partial charge on any atom is 0.222 e. The van der Waals surface area contributed by atoms with Crippen molar-refractivity contribution in [1.29, 1.82) is 0 Å². The monoisotopic (exact) mass is 514 g/mol. The molecule has 0 radical (unpaired) electrons. The Morgan fingerprint density at radius 3 is 2.41 bits per heavy atom. The molecule has 0 bridgehead atoms. The van der Waals surface area contributed by atoms with Gasteiger partial charge in [0.15, 0.2) is 5.96 Å².